The third kappa shape index (κ3) is 2.86. The predicted octanol–water partition coefficient (Wildman–Crippen LogP) is 5.68. The third-order valence-corrected chi connectivity index (χ3v) is 4.80. The number of aliphatic imine (C=N–C) groups is 1. The van der Waals surface area contributed by atoms with E-state index < -0.39 is 5.82 Å². The highest BCUT2D eigenvalue weighted by Gasteiger charge is 2.19. The van der Waals surface area contributed by atoms with Crippen LogP contribution in [0.5, 0.6) is 0 Å². The fourth-order valence-electron chi connectivity index (χ4n) is 2.73. The Hall–Kier alpha value is -2.49. The smallest absolute Gasteiger partial charge is 0.187 e. The summed E-state index contributed by atoms with van der Waals surface area (Å²) in [5.41, 5.74) is 4.33. The van der Waals surface area contributed by atoms with Gasteiger partial charge in [0.25, 0.3) is 0 Å². The van der Waals surface area contributed by atoms with Crippen molar-refractivity contribution in [3.63, 3.8) is 0 Å². The number of benzene rings is 1. The summed E-state index contributed by atoms with van der Waals surface area (Å²) >= 11 is 9.46. The van der Waals surface area contributed by atoms with Gasteiger partial charge in [0.2, 0.25) is 0 Å². The van der Waals surface area contributed by atoms with Crippen LogP contribution >= 0.6 is 27.5 Å². The first-order valence-electron chi connectivity index (χ1n) is 7.32. The van der Waals surface area contributed by atoms with Gasteiger partial charge >= 0.3 is 0 Å². The highest BCUT2D eigenvalue weighted by molar-refractivity contribution is 9.10. The van der Waals surface area contributed by atoms with Gasteiger partial charge < -0.3 is 4.57 Å². The first kappa shape index (κ1) is 16.0. The van der Waals surface area contributed by atoms with E-state index in [4.69, 9.17) is 18.2 Å². The number of hydrogen-bond acceptors (Lipinski definition) is 2. The molecule has 0 radical (unpaired) electrons. The Labute approximate surface area is 156 Å². The SMILES string of the molecule is [C-]#[N+]c1ccc(-c2cc3n(c2)Cc2nc(Br)c(F)cc2N=C3Cl)cc1. The second kappa shape index (κ2) is 6.10. The number of rotatable bonds is 1. The summed E-state index contributed by atoms with van der Waals surface area (Å²) in [5.74, 6) is -0.473. The minimum atomic E-state index is -0.473. The Morgan fingerprint density at radius 1 is 1.20 bits per heavy atom. The second-order valence-electron chi connectivity index (χ2n) is 5.53. The number of aromatic nitrogens is 2. The molecule has 0 spiro atoms. The lowest BCUT2D eigenvalue weighted by Gasteiger charge is -2.06. The second-order valence-corrected chi connectivity index (χ2v) is 6.64. The average Bonchev–Trinajstić information content (AvgIpc) is 2.98. The molecule has 0 saturated carbocycles. The molecule has 0 bridgehead atoms. The highest BCUT2D eigenvalue weighted by Crippen LogP contribution is 2.32. The van der Waals surface area contributed by atoms with Crippen LogP contribution < -0.4 is 0 Å². The van der Waals surface area contributed by atoms with Crippen LogP contribution in [0.4, 0.5) is 15.8 Å². The molecule has 0 N–H and O–H groups in total. The van der Waals surface area contributed by atoms with Gasteiger partial charge in [0.15, 0.2) is 16.7 Å². The highest BCUT2D eigenvalue weighted by atomic mass is 79.9. The van der Waals surface area contributed by atoms with Crippen molar-refractivity contribution in [1.29, 1.82) is 0 Å². The molecule has 7 heteroatoms. The number of fused-ring (bicyclic) bond motifs is 2. The fourth-order valence-corrected chi connectivity index (χ4v) is 3.31. The number of nitrogens with zero attached hydrogens (tertiary/aromatic N) is 4. The molecule has 4 rings (SSSR count). The topological polar surface area (TPSA) is 34.5 Å². The molecule has 4 nitrogen and oxygen atoms in total. The molecule has 1 aliphatic rings. The molecule has 0 saturated heterocycles. The quantitative estimate of drug-likeness (QED) is 0.372. The Bertz CT molecular complexity index is 1060. The van der Waals surface area contributed by atoms with Crippen molar-refractivity contribution in [2.45, 2.75) is 6.54 Å². The third-order valence-electron chi connectivity index (χ3n) is 3.97. The van der Waals surface area contributed by atoms with Gasteiger partial charge in [-0.2, -0.15) is 0 Å². The molecule has 25 heavy (non-hydrogen) atoms. The lowest BCUT2D eigenvalue weighted by Crippen LogP contribution is -2.04. The maximum atomic E-state index is 13.7. The largest absolute Gasteiger partial charge is 0.339 e. The van der Waals surface area contributed by atoms with Crippen molar-refractivity contribution in [1.82, 2.24) is 9.55 Å². The minimum Gasteiger partial charge on any atom is -0.339 e. The Morgan fingerprint density at radius 2 is 1.96 bits per heavy atom. The number of hydrogen-bond donors (Lipinski definition) is 0. The summed E-state index contributed by atoms with van der Waals surface area (Å²) in [4.78, 5) is 11.9. The summed E-state index contributed by atoms with van der Waals surface area (Å²) in [5, 5.41) is 0.284. The summed E-state index contributed by atoms with van der Waals surface area (Å²) in [6.45, 7) is 7.46. The minimum absolute atomic E-state index is 0.156. The maximum Gasteiger partial charge on any atom is 0.187 e. The normalized spacial score (nSPS) is 12.6. The van der Waals surface area contributed by atoms with Gasteiger partial charge in [-0.15, -0.1) is 0 Å². The van der Waals surface area contributed by atoms with Crippen molar-refractivity contribution in [3.8, 4) is 11.1 Å². The van der Waals surface area contributed by atoms with Gasteiger partial charge in [0.1, 0.15) is 4.60 Å². The molecule has 1 aromatic carbocycles. The van der Waals surface area contributed by atoms with Crippen LogP contribution in [0, 0.1) is 12.4 Å². The summed E-state index contributed by atoms with van der Waals surface area (Å²) in [7, 11) is 0. The van der Waals surface area contributed by atoms with E-state index in [1.54, 1.807) is 12.1 Å². The van der Waals surface area contributed by atoms with Gasteiger partial charge in [-0.3, -0.25) is 0 Å². The lowest BCUT2D eigenvalue weighted by atomic mass is 10.1. The van der Waals surface area contributed by atoms with E-state index in [0.717, 1.165) is 16.8 Å². The van der Waals surface area contributed by atoms with Crippen LogP contribution in [-0.4, -0.2) is 14.7 Å². The molecule has 1 aliphatic heterocycles. The standard InChI is InChI=1S/C18H9BrClFN4/c1-22-12-4-2-10(3-5-12)11-6-16-18(20)24-14-7-13(21)17(19)23-15(14)9-25(16)8-11/h2-8H,9H2. The summed E-state index contributed by atoms with van der Waals surface area (Å²) in [6, 6.07) is 10.6. The van der Waals surface area contributed by atoms with Gasteiger partial charge in [-0.1, -0.05) is 35.9 Å². The maximum absolute atomic E-state index is 13.7. The zero-order valence-corrected chi connectivity index (χ0v) is 15.0. The van der Waals surface area contributed by atoms with Crippen molar-refractivity contribution < 1.29 is 4.39 Å². The van der Waals surface area contributed by atoms with E-state index in [1.807, 2.05) is 29.0 Å². The van der Waals surface area contributed by atoms with Crippen LogP contribution in [0.2, 0.25) is 0 Å². The van der Waals surface area contributed by atoms with Crippen molar-refractivity contribution in [2.75, 3.05) is 0 Å². The average molecular weight is 416 g/mol. The van der Waals surface area contributed by atoms with Gasteiger partial charge in [-0.05, 0) is 33.1 Å². The van der Waals surface area contributed by atoms with Crippen molar-refractivity contribution in [2.24, 2.45) is 4.99 Å². The molecule has 0 unspecified atom stereocenters. The fraction of sp³-hybridized carbons (Fsp3) is 0.0556. The van der Waals surface area contributed by atoms with E-state index in [2.05, 4.69) is 30.8 Å². The molecule has 0 aliphatic carbocycles. The molecule has 3 aromatic rings. The molecule has 0 fully saturated rings. The molecule has 0 amide bonds. The zero-order chi connectivity index (χ0) is 17.6. The van der Waals surface area contributed by atoms with Gasteiger partial charge in [-0.25, -0.2) is 19.2 Å². The molecule has 2 aromatic heterocycles. The van der Waals surface area contributed by atoms with Gasteiger partial charge in [0.05, 0.1) is 30.2 Å². The Morgan fingerprint density at radius 3 is 2.68 bits per heavy atom. The van der Waals surface area contributed by atoms with Crippen LogP contribution in [0.15, 0.2) is 52.2 Å². The summed E-state index contributed by atoms with van der Waals surface area (Å²) in [6.07, 6.45) is 1.95. The summed E-state index contributed by atoms with van der Waals surface area (Å²) < 4.78 is 15.8. The Balaban J connectivity index is 1.80. The van der Waals surface area contributed by atoms with E-state index in [1.165, 1.54) is 6.07 Å². The van der Waals surface area contributed by atoms with E-state index >= 15 is 0 Å². The monoisotopic (exact) mass is 414 g/mol. The van der Waals surface area contributed by atoms with Crippen LogP contribution in [-0.2, 0) is 6.54 Å². The molecule has 122 valence electrons. The molecule has 3 heterocycles. The van der Waals surface area contributed by atoms with E-state index in [0.29, 0.717) is 23.6 Å². The zero-order valence-electron chi connectivity index (χ0n) is 12.7. The van der Waals surface area contributed by atoms with E-state index in [-0.39, 0.29) is 9.77 Å². The molecular formula is C18H9BrClFN4. The van der Waals surface area contributed by atoms with Crippen LogP contribution in [0.3, 0.4) is 0 Å². The first-order chi connectivity index (χ1) is 12.0. The molecule has 0 atom stereocenters. The molecular weight excluding hydrogens is 407 g/mol. The van der Waals surface area contributed by atoms with Gasteiger partial charge in [0, 0.05) is 12.3 Å². The van der Waals surface area contributed by atoms with Crippen molar-refractivity contribution in [3.05, 3.63) is 75.8 Å². The van der Waals surface area contributed by atoms with Crippen molar-refractivity contribution >= 4 is 44.1 Å². The predicted molar refractivity (Wildman–Crippen MR) is 99.2 cm³/mol. The van der Waals surface area contributed by atoms with Crippen LogP contribution in [0.1, 0.15) is 11.4 Å². The lowest BCUT2D eigenvalue weighted by molar-refractivity contribution is 0.609. The first-order valence-corrected chi connectivity index (χ1v) is 8.50. The van der Waals surface area contributed by atoms with E-state index in [9.17, 15) is 4.39 Å². The van der Waals surface area contributed by atoms with Crippen LogP contribution in [0.25, 0.3) is 16.0 Å². The number of halogens is 3. The number of pyridine rings is 1. The Kier molecular flexibility index (Phi) is 3.91.